The molecule has 0 N–H and O–H groups in total. The molecule has 0 amide bonds. The molecule has 8 aromatic rings. The molecule has 0 saturated carbocycles. The summed E-state index contributed by atoms with van der Waals surface area (Å²) in [4.78, 5) is 14.4. The van der Waals surface area contributed by atoms with E-state index in [1.165, 1.54) is 50.2 Å². The van der Waals surface area contributed by atoms with Crippen molar-refractivity contribution < 1.29 is 25.8 Å². The smallest absolute Gasteiger partial charge is 0.466 e. The minimum Gasteiger partial charge on any atom is -0.466 e. The maximum absolute atomic E-state index is 6.42. The van der Waals surface area contributed by atoms with Gasteiger partial charge < -0.3 is 19.5 Å². The molecule has 6 aromatic carbocycles. The molecular weight excluding hydrogens is 878 g/mol. The van der Waals surface area contributed by atoms with Crippen molar-refractivity contribution >= 4 is 68.0 Å². The number of hydrogen-bond donors (Lipinski definition) is 0. The molecule has 0 radical (unpaired) electrons. The van der Waals surface area contributed by atoms with Crippen LogP contribution >= 0.6 is 0 Å². The molecule has 2 aromatic heterocycles. The van der Waals surface area contributed by atoms with Crippen LogP contribution in [0.5, 0.6) is 11.6 Å². The van der Waals surface area contributed by atoms with Crippen LogP contribution in [0.25, 0.3) is 22.0 Å². The Morgan fingerprint density at radius 2 is 1.14 bits per heavy atom. The van der Waals surface area contributed by atoms with E-state index in [0.717, 1.165) is 55.7 Å². The van der Waals surface area contributed by atoms with Crippen LogP contribution in [-0.2, 0) is 21.1 Å². The first-order chi connectivity index (χ1) is 27.2. The number of ether oxygens (including phenoxy) is 1. The fourth-order valence-corrected chi connectivity index (χ4v) is 9.32. The molecule has 0 bridgehead atoms. The number of aromatic nitrogens is 2. The Morgan fingerprint density at radius 3 is 1.77 bits per heavy atom. The summed E-state index contributed by atoms with van der Waals surface area (Å²) in [5.74, 6) is 1.14. The standard InChI is InChI=1S/C50H39BN4O.Pt/c1-30-24-32(3)49(33(4)25-30)54-42-19-17-37(48-39-13-8-7-12-36(39)21-23-53-48)28-40(42)51-41-29-38(56-46-16-9-10-22-52-46)18-20-43(41)55(45-15-11-14-44(54)47(45)51)50-34(5)26-31(2)27-35(50)6;/h7-27H,1-6H3;/q-2;+2. The first-order valence-corrected chi connectivity index (χ1v) is 19.2. The Labute approximate surface area is 349 Å². The van der Waals surface area contributed by atoms with Crippen LogP contribution < -0.4 is 30.9 Å². The molecule has 4 heterocycles. The van der Waals surface area contributed by atoms with Gasteiger partial charge >= 0.3 is 21.1 Å². The number of nitrogens with zero attached hydrogens (tertiary/aromatic N) is 4. The number of fused-ring (bicyclic) bond motifs is 5. The Morgan fingerprint density at radius 1 is 0.544 bits per heavy atom. The number of aryl methyl sites for hydroxylation is 6. The van der Waals surface area contributed by atoms with Crippen molar-refractivity contribution in [3.05, 3.63) is 173 Å². The Hall–Kier alpha value is -5.97. The van der Waals surface area contributed by atoms with Crippen LogP contribution in [0.3, 0.4) is 0 Å². The summed E-state index contributed by atoms with van der Waals surface area (Å²) in [5, 5.41) is 2.25. The molecule has 2 aliphatic rings. The monoisotopic (exact) mass is 917 g/mol. The van der Waals surface area contributed by atoms with Gasteiger partial charge in [-0.25, -0.2) is 4.98 Å². The van der Waals surface area contributed by atoms with Crippen LogP contribution in [0.4, 0.5) is 34.1 Å². The van der Waals surface area contributed by atoms with Gasteiger partial charge in [-0.15, -0.1) is 47.4 Å². The summed E-state index contributed by atoms with van der Waals surface area (Å²) in [7, 11) is 0. The van der Waals surface area contributed by atoms with Gasteiger partial charge in [0, 0.05) is 47.0 Å². The average molecular weight is 918 g/mol. The number of hydrogen-bond acceptors (Lipinski definition) is 5. The Bertz CT molecular complexity index is 2830. The third kappa shape index (κ3) is 5.97. The van der Waals surface area contributed by atoms with Gasteiger partial charge in [-0.2, -0.15) is 5.46 Å². The van der Waals surface area contributed by atoms with Gasteiger partial charge in [0.05, 0.1) is 0 Å². The van der Waals surface area contributed by atoms with E-state index in [4.69, 9.17) is 9.72 Å². The van der Waals surface area contributed by atoms with Crippen molar-refractivity contribution in [1.82, 2.24) is 9.97 Å². The summed E-state index contributed by atoms with van der Waals surface area (Å²) in [6.07, 6.45) is 3.65. The number of anilines is 6. The molecule has 10 rings (SSSR count). The quantitative estimate of drug-likeness (QED) is 0.127. The summed E-state index contributed by atoms with van der Waals surface area (Å²) in [5.41, 5.74) is 19.3. The van der Waals surface area contributed by atoms with E-state index >= 15 is 0 Å². The second-order valence-corrected chi connectivity index (χ2v) is 15.3. The van der Waals surface area contributed by atoms with E-state index in [-0.39, 0.29) is 27.8 Å². The zero-order chi connectivity index (χ0) is 38.2. The van der Waals surface area contributed by atoms with Crippen LogP contribution in [0, 0.1) is 53.7 Å². The zero-order valence-corrected chi connectivity index (χ0v) is 35.0. The molecule has 57 heavy (non-hydrogen) atoms. The first kappa shape index (κ1) is 36.7. The average Bonchev–Trinajstić information content (AvgIpc) is 3.18. The largest absolute Gasteiger partial charge is 2.00 e. The summed E-state index contributed by atoms with van der Waals surface area (Å²) in [6, 6.07) is 48.7. The first-order valence-electron chi connectivity index (χ1n) is 19.2. The molecule has 0 atom stereocenters. The SMILES string of the molecule is Cc1cc(C)c(N2c3ccc(Oc4ccccn4)[c-]c3B3c4[c-]c(-c5nccc6ccccc56)ccc4N(c4c(C)cc(C)cc4C)c4cccc2c43)c(C)c1.[Pt+2]. The van der Waals surface area contributed by atoms with Crippen molar-refractivity contribution in [2.75, 3.05) is 9.80 Å². The minimum atomic E-state index is -0.210. The van der Waals surface area contributed by atoms with Crippen molar-refractivity contribution in [2.24, 2.45) is 0 Å². The number of benzene rings is 6. The topological polar surface area (TPSA) is 41.5 Å². The van der Waals surface area contributed by atoms with E-state index in [1.54, 1.807) is 6.20 Å². The second-order valence-electron chi connectivity index (χ2n) is 15.3. The fraction of sp³-hybridized carbons (Fsp3) is 0.120. The van der Waals surface area contributed by atoms with Crippen molar-refractivity contribution in [2.45, 2.75) is 41.5 Å². The number of rotatable bonds is 5. The molecule has 0 saturated heterocycles. The predicted molar refractivity (Wildman–Crippen MR) is 232 cm³/mol. The van der Waals surface area contributed by atoms with E-state index in [2.05, 4.69) is 159 Å². The Balaban J connectivity index is 0.00000422. The van der Waals surface area contributed by atoms with E-state index in [9.17, 15) is 0 Å². The normalized spacial score (nSPS) is 12.5. The maximum atomic E-state index is 6.42. The van der Waals surface area contributed by atoms with Crippen LogP contribution in [0.2, 0.25) is 0 Å². The van der Waals surface area contributed by atoms with Gasteiger partial charge in [-0.3, -0.25) is 0 Å². The van der Waals surface area contributed by atoms with E-state index < -0.39 is 0 Å². The summed E-state index contributed by atoms with van der Waals surface area (Å²) < 4.78 is 6.42. The van der Waals surface area contributed by atoms with Crippen molar-refractivity contribution in [3.63, 3.8) is 0 Å². The molecule has 278 valence electrons. The van der Waals surface area contributed by atoms with E-state index in [0.29, 0.717) is 11.6 Å². The molecular formula is C50H39BN4OPt. The van der Waals surface area contributed by atoms with Gasteiger partial charge in [0.2, 0.25) is 12.6 Å². The minimum absolute atomic E-state index is 0. The molecule has 0 spiro atoms. The van der Waals surface area contributed by atoms with Gasteiger partial charge in [0.25, 0.3) is 0 Å². The maximum Gasteiger partial charge on any atom is 2.00 e. The zero-order valence-electron chi connectivity index (χ0n) is 32.7. The third-order valence-corrected chi connectivity index (χ3v) is 11.3. The predicted octanol–water partition coefficient (Wildman–Crippen LogP) is 10.6. The van der Waals surface area contributed by atoms with Crippen LogP contribution in [0.1, 0.15) is 33.4 Å². The summed E-state index contributed by atoms with van der Waals surface area (Å²) >= 11 is 0. The van der Waals surface area contributed by atoms with Crippen LogP contribution in [0.15, 0.2) is 128 Å². The van der Waals surface area contributed by atoms with Crippen LogP contribution in [-0.4, -0.2) is 16.7 Å². The molecule has 2 aliphatic heterocycles. The number of pyridine rings is 2. The molecule has 0 fully saturated rings. The Kier molecular flexibility index (Phi) is 9.13. The van der Waals surface area contributed by atoms with Crippen molar-refractivity contribution in [1.29, 1.82) is 0 Å². The molecule has 0 unspecified atom stereocenters. The van der Waals surface area contributed by atoms with Gasteiger partial charge in [-0.1, -0.05) is 77.5 Å². The third-order valence-electron chi connectivity index (χ3n) is 11.3. The molecule has 5 nitrogen and oxygen atoms in total. The van der Waals surface area contributed by atoms with Gasteiger partial charge in [-0.05, 0) is 116 Å². The van der Waals surface area contributed by atoms with Gasteiger partial charge in [0.1, 0.15) is 0 Å². The molecule has 7 heteroatoms. The second kappa shape index (κ2) is 14.2. The van der Waals surface area contributed by atoms with Crippen molar-refractivity contribution in [3.8, 4) is 22.9 Å². The fourth-order valence-electron chi connectivity index (χ4n) is 9.32. The van der Waals surface area contributed by atoms with E-state index in [1.807, 2.05) is 30.5 Å². The summed E-state index contributed by atoms with van der Waals surface area (Å²) in [6.45, 7) is 13.0. The molecule has 0 aliphatic carbocycles. The van der Waals surface area contributed by atoms with Gasteiger partial charge in [0.15, 0.2) is 0 Å².